The monoisotopic (exact) mass is 307 g/mol. The van der Waals surface area contributed by atoms with Gasteiger partial charge in [-0.15, -0.1) is 10.2 Å². The van der Waals surface area contributed by atoms with Gasteiger partial charge in [0.2, 0.25) is 0 Å². The zero-order chi connectivity index (χ0) is 14.6. The smallest absolute Gasteiger partial charge is 0.313 e. The minimum absolute atomic E-state index is 0.0493. The average Bonchev–Trinajstić information content (AvgIpc) is 2.77. The highest BCUT2D eigenvalue weighted by Crippen LogP contribution is 2.59. The van der Waals surface area contributed by atoms with Gasteiger partial charge in [-0.25, -0.2) is 0 Å². The Bertz CT molecular complexity index is 543. The number of hydrogen-bond donors (Lipinski definition) is 1. The highest BCUT2D eigenvalue weighted by Gasteiger charge is 2.50. The number of nitrogens with zero attached hydrogens (tertiary/aromatic N) is 3. The third-order valence-corrected chi connectivity index (χ3v) is 6.72. The summed E-state index contributed by atoms with van der Waals surface area (Å²) in [5, 5.41) is 18.2. The Morgan fingerprint density at radius 2 is 1.81 bits per heavy atom. The second kappa shape index (κ2) is 5.00. The zero-order valence-electron chi connectivity index (χ0n) is 12.2. The van der Waals surface area contributed by atoms with Crippen molar-refractivity contribution < 1.29 is 9.90 Å². The predicted molar refractivity (Wildman–Crippen MR) is 79.1 cm³/mol. The highest BCUT2D eigenvalue weighted by atomic mass is 32.2. The van der Waals surface area contributed by atoms with Crippen LogP contribution in [0.3, 0.4) is 0 Å². The Kier molecular flexibility index (Phi) is 3.24. The highest BCUT2D eigenvalue weighted by molar-refractivity contribution is 7.99. The molecule has 0 unspecified atom stereocenters. The lowest BCUT2D eigenvalue weighted by Gasteiger charge is -2.53. The molecule has 0 aromatic carbocycles. The van der Waals surface area contributed by atoms with Gasteiger partial charge in [0.1, 0.15) is 5.82 Å². The van der Waals surface area contributed by atoms with Gasteiger partial charge < -0.3 is 9.67 Å². The van der Waals surface area contributed by atoms with Crippen LogP contribution in [-0.4, -0.2) is 31.6 Å². The van der Waals surface area contributed by atoms with Crippen LogP contribution in [-0.2, 0) is 11.8 Å². The maximum Gasteiger partial charge on any atom is 0.313 e. The first-order valence-electron chi connectivity index (χ1n) is 7.85. The van der Waals surface area contributed by atoms with E-state index in [1.165, 1.54) is 43.9 Å². The van der Waals surface area contributed by atoms with Gasteiger partial charge in [0.15, 0.2) is 5.16 Å². The first-order valence-corrected chi connectivity index (χ1v) is 8.84. The molecule has 0 aliphatic heterocycles. The van der Waals surface area contributed by atoms with Gasteiger partial charge in [-0.1, -0.05) is 11.8 Å². The maximum atomic E-state index is 10.7. The number of aromatic nitrogens is 3. The van der Waals surface area contributed by atoms with E-state index in [0.29, 0.717) is 5.92 Å². The van der Waals surface area contributed by atoms with Crippen molar-refractivity contribution >= 4 is 17.7 Å². The Balaban J connectivity index is 1.58. The molecule has 5 rings (SSSR count). The van der Waals surface area contributed by atoms with E-state index in [1.54, 1.807) is 0 Å². The van der Waals surface area contributed by atoms with Crippen LogP contribution in [0, 0.1) is 23.7 Å². The second-order valence-electron chi connectivity index (χ2n) is 7.04. The molecular weight excluding hydrogens is 286 g/mol. The minimum atomic E-state index is -0.806. The van der Waals surface area contributed by atoms with E-state index in [0.717, 1.165) is 34.7 Å². The summed E-state index contributed by atoms with van der Waals surface area (Å²) in [5.41, 5.74) is 0. The van der Waals surface area contributed by atoms with Crippen molar-refractivity contribution in [3.63, 3.8) is 0 Å². The lowest BCUT2D eigenvalue weighted by atomic mass is 9.51. The van der Waals surface area contributed by atoms with Gasteiger partial charge in [-0.3, -0.25) is 4.79 Å². The van der Waals surface area contributed by atoms with Gasteiger partial charge in [0.25, 0.3) is 0 Å². The Morgan fingerprint density at radius 1 is 1.19 bits per heavy atom. The Morgan fingerprint density at radius 3 is 2.38 bits per heavy atom. The fraction of sp³-hybridized carbons (Fsp3) is 0.800. The summed E-state index contributed by atoms with van der Waals surface area (Å²) in [7, 11) is 1.99. The van der Waals surface area contributed by atoms with Crippen LogP contribution < -0.4 is 0 Å². The van der Waals surface area contributed by atoms with Crippen molar-refractivity contribution in [2.24, 2.45) is 30.7 Å². The van der Waals surface area contributed by atoms with Gasteiger partial charge in [-0.05, 0) is 55.8 Å². The van der Waals surface area contributed by atoms with Gasteiger partial charge in [-0.2, -0.15) is 0 Å². The van der Waals surface area contributed by atoms with E-state index in [9.17, 15) is 4.79 Å². The van der Waals surface area contributed by atoms with Crippen molar-refractivity contribution in [2.75, 3.05) is 5.75 Å². The lowest BCUT2D eigenvalue weighted by molar-refractivity contribution is -0.133. The third kappa shape index (κ3) is 2.28. The largest absolute Gasteiger partial charge is 0.481 e. The SMILES string of the molecule is Cn1c(SCC(=O)O)nnc1C1C2CC3CC(C2)CC1C3. The van der Waals surface area contributed by atoms with E-state index in [4.69, 9.17) is 5.11 Å². The molecule has 21 heavy (non-hydrogen) atoms. The van der Waals surface area contributed by atoms with E-state index in [-0.39, 0.29) is 5.75 Å². The number of rotatable bonds is 4. The molecule has 6 heteroatoms. The van der Waals surface area contributed by atoms with Crippen molar-refractivity contribution in [2.45, 2.75) is 43.2 Å². The van der Waals surface area contributed by atoms with Gasteiger partial charge in [0.05, 0.1) is 5.75 Å². The molecule has 1 aromatic rings. The van der Waals surface area contributed by atoms with Crippen LogP contribution in [0.25, 0.3) is 0 Å². The zero-order valence-corrected chi connectivity index (χ0v) is 13.1. The molecule has 4 aliphatic rings. The molecule has 0 spiro atoms. The standard InChI is InChI=1S/C15H21N3O2S/c1-18-14(16-17-15(18)21-7-12(19)20)13-10-3-8-2-9(5-10)6-11(13)4-8/h8-11,13H,2-7H2,1H3,(H,19,20). The number of carbonyl (C=O) groups is 1. The molecule has 1 N–H and O–H groups in total. The topological polar surface area (TPSA) is 68.0 Å². The third-order valence-electron chi connectivity index (χ3n) is 5.72. The van der Waals surface area contributed by atoms with Gasteiger partial charge >= 0.3 is 5.97 Å². The molecule has 1 aromatic heterocycles. The fourth-order valence-electron chi connectivity index (χ4n) is 5.22. The second-order valence-corrected chi connectivity index (χ2v) is 7.98. The van der Waals surface area contributed by atoms with Crippen LogP contribution in [0.2, 0.25) is 0 Å². The van der Waals surface area contributed by atoms with E-state index >= 15 is 0 Å². The molecule has 4 aliphatic carbocycles. The average molecular weight is 307 g/mol. The quantitative estimate of drug-likeness (QED) is 0.866. The predicted octanol–water partition coefficient (Wildman–Crippen LogP) is 2.53. The molecular formula is C15H21N3O2S. The number of carboxylic acid groups (broad SMARTS) is 1. The summed E-state index contributed by atoms with van der Waals surface area (Å²) in [5.74, 6) is 4.36. The summed E-state index contributed by atoms with van der Waals surface area (Å²) in [4.78, 5) is 10.7. The van der Waals surface area contributed by atoms with Crippen molar-refractivity contribution in [1.82, 2.24) is 14.8 Å². The van der Waals surface area contributed by atoms with Crippen LogP contribution in [0.1, 0.15) is 43.8 Å². The molecule has 0 radical (unpaired) electrons. The summed E-state index contributed by atoms with van der Waals surface area (Å²) in [6, 6.07) is 0. The van der Waals surface area contributed by atoms with E-state index in [2.05, 4.69) is 10.2 Å². The van der Waals surface area contributed by atoms with E-state index in [1.807, 2.05) is 11.6 Å². The molecule has 4 fully saturated rings. The summed E-state index contributed by atoms with van der Waals surface area (Å²) in [6.07, 6.45) is 6.91. The summed E-state index contributed by atoms with van der Waals surface area (Å²) < 4.78 is 2.04. The van der Waals surface area contributed by atoms with Crippen LogP contribution >= 0.6 is 11.8 Å². The normalized spacial score (nSPS) is 37.1. The van der Waals surface area contributed by atoms with Crippen LogP contribution in [0.5, 0.6) is 0 Å². The number of carboxylic acids is 1. The summed E-state index contributed by atoms with van der Waals surface area (Å²) in [6.45, 7) is 0. The molecule has 4 saturated carbocycles. The Hall–Kier alpha value is -1.04. The minimum Gasteiger partial charge on any atom is -0.481 e. The number of hydrogen-bond acceptors (Lipinski definition) is 4. The summed E-state index contributed by atoms with van der Waals surface area (Å²) >= 11 is 1.27. The van der Waals surface area contributed by atoms with Crippen molar-refractivity contribution in [3.05, 3.63) is 5.82 Å². The number of aliphatic carboxylic acids is 1. The molecule has 0 saturated heterocycles. The fourth-order valence-corrected chi connectivity index (χ4v) is 5.85. The van der Waals surface area contributed by atoms with Crippen molar-refractivity contribution in [3.8, 4) is 0 Å². The van der Waals surface area contributed by atoms with Crippen molar-refractivity contribution in [1.29, 1.82) is 0 Å². The number of thioether (sulfide) groups is 1. The molecule has 4 bridgehead atoms. The molecule has 0 atom stereocenters. The molecule has 114 valence electrons. The van der Waals surface area contributed by atoms with Crippen LogP contribution in [0.15, 0.2) is 5.16 Å². The first kappa shape index (κ1) is 13.6. The molecule has 1 heterocycles. The van der Waals surface area contributed by atoms with Crippen LogP contribution in [0.4, 0.5) is 0 Å². The maximum absolute atomic E-state index is 10.7. The first-order chi connectivity index (χ1) is 10.1. The Labute approximate surface area is 128 Å². The van der Waals surface area contributed by atoms with E-state index < -0.39 is 5.97 Å². The molecule has 0 amide bonds. The molecule has 5 nitrogen and oxygen atoms in total. The lowest BCUT2D eigenvalue weighted by Crippen LogP contribution is -2.44. The van der Waals surface area contributed by atoms with Gasteiger partial charge in [0, 0.05) is 13.0 Å².